The number of nitrogens with zero attached hydrogens (tertiary/aromatic N) is 2. The van der Waals surface area contributed by atoms with E-state index in [0.29, 0.717) is 5.69 Å². The van der Waals surface area contributed by atoms with Crippen LogP contribution in [0.2, 0.25) is 0 Å². The minimum Gasteiger partial charge on any atom is -0.396 e. The Morgan fingerprint density at radius 2 is 1.93 bits per heavy atom. The molecule has 1 aromatic carbocycles. The molecule has 30 heavy (non-hydrogen) atoms. The van der Waals surface area contributed by atoms with E-state index in [0.717, 1.165) is 5.56 Å². The number of halogens is 1. The Labute approximate surface area is 173 Å². The molecule has 7 nitrogen and oxygen atoms in total. The standard InChI is InChI=1S/C22H24FN3O4/c1-2-18(28)26-17-11-25-16(4-3-5-19(25)29)21(26)20(15(17)12-27)22(30)24-10-13-6-8-14(23)9-7-13/h3-9,15,17,20-21,27H,2,10-12H2,1H3,(H,24,30)/t15-,17-,20+,21+/m1/s1. The van der Waals surface area contributed by atoms with Gasteiger partial charge in [-0.15, -0.1) is 0 Å². The molecule has 0 spiro atoms. The summed E-state index contributed by atoms with van der Waals surface area (Å²) in [6.07, 6.45) is 0.270. The monoisotopic (exact) mass is 413 g/mol. The van der Waals surface area contributed by atoms with Crippen molar-refractivity contribution in [2.45, 2.75) is 38.5 Å². The summed E-state index contributed by atoms with van der Waals surface area (Å²) in [7, 11) is 0. The Kier molecular flexibility index (Phi) is 5.42. The van der Waals surface area contributed by atoms with Crippen molar-refractivity contribution in [3.05, 3.63) is 69.9 Å². The molecular formula is C22H24FN3O4. The Balaban J connectivity index is 1.68. The number of carbonyl (C=O) groups excluding carboxylic acids is 2. The molecule has 0 unspecified atom stereocenters. The van der Waals surface area contributed by atoms with Gasteiger partial charge >= 0.3 is 0 Å². The van der Waals surface area contributed by atoms with Gasteiger partial charge in [0.25, 0.3) is 5.56 Å². The summed E-state index contributed by atoms with van der Waals surface area (Å²) in [5, 5.41) is 13.0. The Bertz CT molecular complexity index is 1020. The van der Waals surface area contributed by atoms with Crippen LogP contribution >= 0.6 is 0 Å². The van der Waals surface area contributed by atoms with Crippen molar-refractivity contribution in [1.82, 2.24) is 14.8 Å². The van der Waals surface area contributed by atoms with Crippen LogP contribution in [-0.4, -0.2) is 39.0 Å². The fourth-order valence-corrected chi connectivity index (χ4v) is 4.79. The largest absolute Gasteiger partial charge is 0.396 e. The van der Waals surface area contributed by atoms with Gasteiger partial charge in [0.05, 0.1) is 18.0 Å². The summed E-state index contributed by atoms with van der Waals surface area (Å²) in [6.45, 7) is 1.94. The first-order chi connectivity index (χ1) is 14.5. The summed E-state index contributed by atoms with van der Waals surface area (Å²) >= 11 is 0. The van der Waals surface area contributed by atoms with Gasteiger partial charge in [0.2, 0.25) is 11.8 Å². The highest BCUT2D eigenvalue weighted by Gasteiger charge is 2.56. The molecule has 4 atom stereocenters. The predicted octanol–water partition coefficient (Wildman–Crippen LogP) is 1.20. The molecule has 2 bridgehead atoms. The van der Waals surface area contributed by atoms with Crippen molar-refractivity contribution in [2.75, 3.05) is 6.61 Å². The Morgan fingerprint density at radius 1 is 1.20 bits per heavy atom. The van der Waals surface area contributed by atoms with Crippen molar-refractivity contribution < 1.29 is 19.1 Å². The third-order valence-electron chi connectivity index (χ3n) is 6.19. The summed E-state index contributed by atoms with van der Waals surface area (Å²) < 4.78 is 14.7. The van der Waals surface area contributed by atoms with Crippen molar-refractivity contribution in [3.8, 4) is 0 Å². The van der Waals surface area contributed by atoms with Crippen LogP contribution in [0.15, 0.2) is 47.3 Å². The minimum absolute atomic E-state index is 0.111. The molecule has 0 saturated carbocycles. The van der Waals surface area contributed by atoms with Crippen LogP contribution in [-0.2, 0) is 22.7 Å². The Hall–Kier alpha value is -3.00. The second-order valence-electron chi connectivity index (χ2n) is 7.78. The molecule has 2 N–H and O–H groups in total. The summed E-state index contributed by atoms with van der Waals surface area (Å²) in [5.41, 5.74) is 1.16. The van der Waals surface area contributed by atoms with Crippen LogP contribution in [0, 0.1) is 17.7 Å². The average molecular weight is 413 g/mol. The summed E-state index contributed by atoms with van der Waals surface area (Å²) in [4.78, 5) is 40.1. The molecular weight excluding hydrogens is 389 g/mol. The lowest BCUT2D eigenvalue weighted by Gasteiger charge is -2.38. The molecule has 4 rings (SSSR count). The van der Waals surface area contributed by atoms with Gasteiger partial charge in [-0.25, -0.2) is 4.39 Å². The van der Waals surface area contributed by atoms with E-state index in [2.05, 4.69) is 5.32 Å². The van der Waals surface area contributed by atoms with Crippen LogP contribution in [0.3, 0.4) is 0 Å². The molecule has 158 valence electrons. The van der Waals surface area contributed by atoms with Crippen LogP contribution < -0.4 is 10.9 Å². The molecule has 2 aliphatic rings. The van der Waals surface area contributed by atoms with Gasteiger partial charge in [-0.1, -0.05) is 25.1 Å². The Morgan fingerprint density at radius 3 is 2.60 bits per heavy atom. The molecule has 8 heteroatoms. The number of aromatic nitrogens is 1. The van der Waals surface area contributed by atoms with Gasteiger partial charge in [-0.3, -0.25) is 14.4 Å². The van der Waals surface area contributed by atoms with E-state index in [1.165, 1.54) is 18.2 Å². The topological polar surface area (TPSA) is 91.6 Å². The second-order valence-corrected chi connectivity index (χ2v) is 7.78. The van der Waals surface area contributed by atoms with Crippen molar-refractivity contribution in [1.29, 1.82) is 0 Å². The maximum atomic E-state index is 13.2. The molecule has 1 saturated heterocycles. The molecule has 3 heterocycles. The van der Waals surface area contributed by atoms with Crippen molar-refractivity contribution >= 4 is 11.8 Å². The number of aliphatic hydroxyl groups excluding tert-OH is 1. The maximum Gasteiger partial charge on any atom is 0.250 e. The zero-order chi connectivity index (χ0) is 21.4. The van der Waals surface area contributed by atoms with E-state index in [4.69, 9.17) is 0 Å². The van der Waals surface area contributed by atoms with E-state index in [1.54, 1.807) is 40.7 Å². The summed E-state index contributed by atoms with van der Waals surface area (Å²) in [6, 6.07) is 9.63. The lowest BCUT2D eigenvalue weighted by Crippen LogP contribution is -2.48. The average Bonchev–Trinajstić information content (AvgIpc) is 3.00. The lowest BCUT2D eigenvalue weighted by molar-refractivity contribution is -0.136. The quantitative estimate of drug-likeness (QED) is 0.771. The highest BCUT2D eigenvalue weighted by Crippen LogP contribution is 2.48. The molecule has 0 aliphatic carbocycles. The first-order valence-electron chi connectivity index (χ1n) is 10.1. The van der Waals surface area contributed by atoms with E-state index in [9.17, 15) is 23.9 Å². The van der Waals surface area contributed by atoms with E-state index in [-0.39, 0.29) is 49.3 Å². The van der Waals surface area contributed by atoms with Crippen LogP contribution in [0.4, 0.5) is 4.39 Å². The van der Waals surface area contributed by atoms with Gasteiger partial charge in [-0.05, 0) is 23.8 Å². The van der Waals surface area contributed by atoms with E-state index >= 15 is 0 Å². The van der Waals surface area contributed by atoms with E-state index in [1.807, 2.05) is 0 Å². The van der Waals surface area contributed by atoms with E-state index < -0.39 is 23.9 Å². The van der Waals surface area contributed by atoms with Crippen molar-refractivity contribution in [2.24, 2.45) is 11.8 Å². The molecule has 1 fully saturated rings. The maximum absolute atomic E-state index is 13.2. The normalized spacial score (nSPS) is 24.4. The van der Waals surface area contributed by atoms with Crippen LogP contribution in [0.1, 0.15) is 30.6 Å². The van der Waals surface area contributed by atoms with Crippen molar-refractivity contribution in [3.63, 3.8) is 0 Å². The number of aliphatic hydroxyl groups is 1. The highest BCUT2D eigenvalue weighted by molar-refractivity contribution is 5.84. The lowest BCUT2D eigenvalue weighted by atomic mass is 9.86. The zero-order valence-electron chi connectivity index (χ0n) is 16.6. The zero-order valence-corrected chi connectivity index (χ0v) is 16.6. The van der Waals surface area contributed by atoms with Gasteiger partial charge in [0.15, 0.2) is 0 Å². The SMILES string of the molecule is CCC(=O)N1[C@@H]2Cn3c(cccc3=O)[C@H]1[C@@H](C(=O)NCc1ccc(F)cc1)[C@@H]2CO. The van der Waals surface area contributed by atoms with Gasteiger partial charge in [0.1, 0.15) is 5.82 Å². The predicted molar refractivity (Wildman–Crippen MR) is 107 cm³/mol. The molecule has 0 radical (unpaired) electrons. The second kappa shape index (κ2) is 8.02. The molecule has 2 amide bonds. The number of hydrogen-bond acceptors (Lipinski definition) is 4. The van der Waals surface area contributed by atoms with Gasteiger partial charge < -0.3 is 19.9 Å². The third-order valence-corrected chi connectivity index (χ3v) is 6.19. The first kappa shape index (κ1) is 20.3. The fourth-order valence-electron chi connectivity index (χ4n) is 4.79. The number of nitrogens with one attached hydrogen (secondary N) is 1. The fraction of sp³-hybridized carbons (Fsp3) is 0.409. The van der Waals surface area contributed by atoms with Crippen LogP contribution in [0.5, 0.6) is 0 Å². The number of hydrogen-bond donors (Lipinski definition) is 2. The number of amides is 2. The van der Waals surface area contributed by atoms with Gasteiger partial charge in [-0.2, -0.15) is 0 Å². The summed E-state index contributed by atoms with van der Waals surface area (Å²) in [5.74, 6) is -1.94. The molecule has 1 aromatic heterocycles. The number of benzene rings is 1. The number of carbonyl (C=O) groups is 2. The highest BCUT2D eigenvalue weighted by atomic mass is 19.1. The van der Waals surface area contributed by atoms with Gasteiger partial charge in [0, 0.05) is 43.8 Å². The molecule has 2 aromatic rings. The first-order valence-corrected chi connectivity index (χ1v) is 10.1. The number of rotatable bonds is 5. The number of pyridine rings is 1. The molecule has 2 aliphatic heterocycles. The van der Waals surface area contributed by atoms with Crippen LogP contribution in [0.25, 0.3) is 0 Å². The third kappa shape index (κ3) is 3.31. The number of fused-ring (bicyclic) bond motifs is 4. The smallest absolute Gasteiger partial charge is 0.250 e. The minimum atomic E-state index is -0.688.